The van der Waals surface area contributed by atoms with Gasteiger partial charge in [-0.2, -0.15) is 0 Å². The molecule has 0 bridgehead atoms. The molecular weight excluding hydrogens is 176 g/mol. The lowest BCUT2D eigenvalue weighted by Crippen LogP contribution is -2.25. The van der Waals surface area contributed by atoms with Gasteiger partial charge in [-0.15, -0.1) is 5.10 Å². The summed E-state index contributed by atoms with van der Waals surface area (Å²) in [6, 6.07) is 0.935. The van der Waals surface area contributed by atoms with Crippen LogP contribution in [0, 0.1) is 0 Å². The molecule has 0 spiro atoms. The highest BCUT2D eigenvalue weighted by atomic mass is 15.4. The summed E-state index contributed by atoms with van der Waals surface area (Å²) in [7, 11) is 0. The smallest absolute Gasteiger partial charge is 0.0839 e. The van der Waals surface area contributed by atoms with Crippen molar-refractivity contribution in [2.75, 3.05) is 6.54 Å². The van der Waals surface area contributed by atoms with Crippen LogP contribution in [0.3, 0.4) is 0 Å². The minimum atomic E-state index is 0.398. The van der Waals surface area contributed by atoms with Crippen molar-refractivity contribution in [2.24, 2.45) is 0 Å². The SMILES string of the molecule is CC(C)NCCc1cn(C(C)C)nn1. The molecule has 0 aliphatic rings. The largest absolute Gasteiger partial charge is 0.314 e. The number of hydrogen-bond donors (Lipinski definition) is 1. The molecule has 4 nitrogen and oxygen atoms in total. The Morgan fingerprint density at radius 1 is 1.36 bits per heavy atom. The molecule has 0 saturated carbocycles. The van der Waals surface area contributed by atoms with E-state index < -0.39 is 0 Å². The Bertz CT molecular complexity index is 265. The molecule has 1 aromatic rings. The van der Waals surface area contributed by atoms with Crippen LogP contribution in [0.1, 0.15) is 39.4 Å². The van der Waals surface area contributed by atoms with Crippen LogP contribution < -0.4 is 5.32 Å². The first-order valence-corrected chi connectivity index (χ1v) is 5.23. The van der Waals surface area contributed by atoms with Crippen LogP contribution in [0.2, 0.25) is 0 Å². The van der Waals surface area contributed by atoms with Gasteiger partial charge in [0.15, 0.2) is 0 Å². The van der Waals surface area contributed by atoms with Crippen molar-refractivity contribution >= 4 is 0 Å². The van der Waals surface area contributed by atoms with E-state index in [1.165, 1.54) is 0 Å². The van der Waals surface area contributed by atoms with E-state index in [1.54, 1.807) is 0 Å². The first-order valence-electron chi connectivity index (χ1n) is 5.23. The Kier molecular flexibility index (Phi) is 4.07. The Labute approximate surface area is 85.7 Å². The molecule has 14 heavy (non-hydrogen) atoms. The van der Waals surface area contributed by atoms with Gasteiger partial charge in [-0.3, -0.25) is 0 Å². The predicted octanol–water partition coefficient (Wildman–Crippen LogP) is 1.40. The normalized spacial score (nSPS) is 11.6. The Morgan fingerprint density at radius 3 is 2.57 bits per heavy atom. The second-order valence-electron chi connectivity index (χ2n) is 4.14. The Hall–Kier alpha value is -0.900. The second kappa shape index (κ2) is 5.10. The molecule has 0 atom stereocenters. The standard InChI is InChI=1S/C10H20N4/c1-8(2)11-6-5-10-7-14(9(3)4)13-12-10/h7-9,11H,5-6H2,1-4H3. The van der Waals surface area contributed by atoms with E-state index in [2.05, 4.69) is 43.3 Å². The summed E-state index contributed by atoms with van der Waals surface area (Å²) in [5.41, 5.74) is 1.06. The quantitative estimate of drug-likeness (QED) is 0.774. The molecule has 1 N–H and O–H groups in total. The molecule has 0 amide bonds. The summed E-state index contributed by atoms with van der Waals surface area (Å²) in [6.07, 6.45) is 2.97. The van der Waals surface area contributed by atoms with Gasteiger partial charge in [-0.1, -0.05) is 19.1 Å². The zero-order valence-electron chi connectivity index (χ0n) is 9.49. The van der Waals surface area contributed by atoms with Crippen LogP contribution in [0.5, 0.6) is 0 Å². The summed E-state index contributed by atoms with van der Waals surface area (Å²) in [6.45, 7) is 9.46. The van der Waals surface area contributed by atoms with E-state index >= 15 is 0 Å². The van der Waals surface area contributed by atoms with Gasteiger partial charge in [0.1, 0.15) is 0 Å². The predicted molar refractivity (Wildman–Crippen MR) is 57.2 cm³/mol. The lowest BCUT2D eigenvalue weighted by molar-refractivity contribution is 0.514. The Morgan fingerprint density at radius 2 is 2.07 bits per heavy atom. The molecule has 4 heteroatoms. The monoisotopic (exact) mass is 196 g/mol. The number of aromatic nitrogens is 3. The van der Waals surface area contributed by atoms with Crippen molar-refractivity contribution < 1.29 is 0 Å². The van der Waals surface area contributed by atoms with E-state index in [-0.39, 0.29) is 0 Å². The summed E-state index contributed by atoms with van der Waals surface area (Å²) >= 11 is 0. The zero-order chi connectivity index (χ0) is 10.6. The summed E-state index contributed by atoms with van der Waals surface area (Å²) < 4.78 is 1.89. The third-order valence-electron chi connectivity index (χ3n) is 2.02. The maximum Gasteiger partial charge on any atom is 0.0839 e. The lowest BCUT2D eigenvalue weighted by Gasteiger charge is -2.05. The molecule has 0 aliphatic heterocycles. The molecule has 0 fully saturated rings. The highest BCUT2D eigenvalue weighted by Crippen LogP contribution is 2.02. The van der Waals surface area contributed by atoms with Gasteiger partial charge in [0.2, 0.25) is 0 Å². The van der Waals surface area contributed by atoms with Crippen molar-refractivity contribution in [1.82, 2.24) is 20.3 Å². The van der Waals surface area contributed by atoms with Gasteiger partial charge < -0.3 is 5.32 Å². The van der Waals surface area contributed by atoms with E-state index in [4.69, 9.17) is 0 Å². The number of nitrogens with zero attached hydrogens (tertiary/aromatic N) is 3. The molecule has 0 unspecified atom stereocenters. The first-order chi connectivity index (χ1) is 6.59. The van der Waals surface area contributed by atoms with Crippen molar-refractivity contribution in [3.8, 4) is 0 Å². The van der Waals surface area contributed by atoms with Gasteiger partial charge >= 0.3 is 0 Å². The van der Waals surface area contributed by atoms with Crippen LogP contribution in [0.4, 0.5) is 0 Å². The maximum absolute atomic E-state index is 4.11. The van der Waals surface area contributed by atoms with Gasteiger partial charge in [-0.05, 0) is 13.8 Å². The van der Waals surface area contributed by atoms with Gasteiger partial charge in [-0.25, -0.2) is 4.68 Å². The van der Waals surface area contributed by atoms with Crippen LogP contribution in [-0.4, -0.2) is 27.6 Å². The number of nitrogens with one attached hydrogen (secondary N) is 1. The van der Waals surface area contributed by atoms with Crippen LogP contribution in [0.15, 0.2) is 6.20 Å². The lowest BCUT2D eigenvalue weighted by atomic mass is 10.3. The molecule has 0 saturated heterocycles. The number of hydrogen-bond acceptors (Lipinski definition) is 3. The van der Waals surface area contributed by atoms with Crippen molar-refractivity contribution in [3.05, 3.63) is 11.9 Å². The van der Waals surface area contributed by atoms with E-state index in [1.807, 2.05) is 10.9 Å². The number of rotatable bonds is 5. The molecule has 1 heterocycles. The maximum atomic E-state index is 4.11. The van der Waals surface area contributed by atoms with Gasteiger partial charge in [0.25, 0.3) is 0 Å². The van der Waals surface area contributed by atoms with Crippen LogP contribution >= 0.6 is 0 Å². The van der Waals surface area contributed by atoms with Crippen LogP contribution in [0.25, 0.3) is 0 Å². The second-order valence-corrected chi connectivity index (χ2v) is 4.14. The van der Waals surface area contributed by atoms with Crippen LogP contribution in [-0.2, 0) is 6.42 Å². The topological polar surface area (TPSA) is 42.7 Å². The fourth-order valence-electron chi connectivity index (χ4n) is 1.17. The van der Waals surface area contributed by atoms with E-state index in [0.29, 0.717) is 12.1 Å². The Balaban J connectivity index is 2.36. The molecule has 80 valence electrons. The average molecular weight is 196 g/mol. The minimum Gasteiger partial charge on any atom is -0.314 e. The highest BCUT2D eigenvalue weighted by Gasteiger charge is 2.03. The molecule has 0 radical (unpaired) electrons. The molecule has 0 aliphatic carbocycles. The zero-order valence-corrected chi connectivity index (χ0v) is 9.49. The van der Waals surface area contributed by atoms with Crippen molar-refractivity contribution in [3.63, 3.8) is 0 Å². The molecular formula is C10H20N4. The van der Waals surface area contributed by atoms with E-state index in [9.17, 15) is 0 Å². The minimum absolute atomic E-state index is 0.398. The summed E-state index contributed by atoms with van der Waals surface area (Å²) in [5.74, 6) is 0. The molecule has 0 aromatic carbocycles. The summed E-state index contributed by atoms with van der Waals surface area (Å²) in [5, 5.41) is 11.5. The van der Waals surface area contributed by atoms with Crippen molar-refractivity contribution in [2.45, 2.75) is 46.2 Å². The van der Waals surface area contributed by atoms with Crippen molar-refractivity contribution in [1.29, 1.82) is 0 Å². The van der Waals surface area contributed by atoms with Gasteiger partial charge in [0, 0.05) is 31.2 Å². The third-order valence-corrected chi connectivity index (χ3v) is 2.02. The molecule has 1 aromatic heterocycles. The van der Waals surface area contributed by atoms with Gasteiger partial charge in [0.05, 0.1) is 5.69 Å². The summed E-state index contributed by atoms with van der Waals surface area (Å²) in [4.78, 5) is 0. The fourth-order valence-corrected chi connectivity index (χ4v) is 1.17. The first kappa shape index (κ1) is 11.2. The van der Waals surface area contributed by atoms with E-state index in [0.717, 1.165) is 18.7 Å². The average Bonchev–Trinajstić information content (AvgIpc) is 2.52. The highest BCUT2D eigenvalue weighted by molar-refractivity contribution is 4.93. The fraction of sp³-hybridized carbons (Fsp3) is 0.800. The molecule has 1 rings (SSSR count). The third kappa shape index (κ3) is 3.46.